The standard InChI is InChI=1S/C13H19NO/c1-9(10(2)15)14-13-7-6-11-4-3-5-12(11)8-13/h6-10,14-15H,3-5H2,1-2H3. The first-order valence-corrected chi connectivity index (χ1v) is 5.73. The molecule has 2 N–H and O–H groups in total. The number of anilines is 1. The van der Waals surface area contributed by atoms with Gasteiger partial charge in [-0.15, -0.1) is 0 Å². The fourth-order valence-electron chi connectivity index (χ4n) is 2.05. The van der Waals surface area contributed by atoms with Crippen molar-refractivity contribution in [3.05, 3.63) is 29.3 Å². The van der Waals surface area contributed by atoms with Crippen LogP contribution in [0.5, 0.6) is 0 Å². The Morgan fingerprint density at radius 1 is 1.20 bits per heavy atom. The highest BCUT2D eigenvalue weighted by atomic mass is 16.3. The molecular formula is C13H19NO. The number of nitrogens with one attached hydrogen (secondary N) is 1. The fourth-order valence-corrected chi connectivity index (χ4v) is 2.05. The molecule has 0 aromatic heterocycles. The lowest BCUT2D eigenvalue weighted by Crippen LogP contribution is -2.27. The summed E-state index contributed by atoms with van der Waals surface area (Å²) in [5, 5.41) is 12.7. The van der Waals surface area contributed by atoms with Crippen LogP contribution in [0.25, 0.3) is 0 Å². The van der Waals surface area contributed by atoms with Crippen molar-refractivity contribution in [3.63, 3.8) is 0 Å². The van der Waals surface area contributed by atoms with Gasteiger partial charge in [-0.25, -0.2) is 0 Å². The number of hydrogen-bond donors (Lipinski definition) is 2. The molecule has 0 spiro atoms. The fraction of sp³-hybridized carbons (Fsp3) is 0.538. The van der Waals surface area contributed by atoms with Crippen LogP contribution >= 0.6 is 0 Å². The summed E-state index contributed by atoms with van der Waals surface area (Å²) in [6.45, 7) is 3.81. The van der Waals surface area contributed by atoms with E-state index in [9.17, 15) is 5.11 Å². The zero-order valence-electron chi connectivity index (χ0n) is 9.46. The lowest BCUT2D eigenvalue weighted by Gasteiger charge is -2.18. The van der Waals surface area contributed by atoms with Gasteiger partial charge in [0.25, 0.3) is 0 Å². The van der Waals surface area contributed by atoms with Crippen LogP contribution in [0, 0.1) is 0 Å². The second-order valence-corrected chi connectivity index (χ2v) is 4.51. The average molecular weight is 205 g/mol. The first-order chi connectivity index (χ1) is 7.16. The molecule has 1 aromatic carbocycles. The summed E-state index contributed by atoms with van der Waals surface area (Å²) in [5.74, 6) is 0. The van der Waals surface area contributed by atoms with Gasteiger partial charge in [-0.05, 0) is 56.4 Å². The van der Waals surface area contributed by atoms with E-state index >= 15 is 0 Å². The number of aliphatic hydroxyl groups is 1. The third kappa shape index (κ3) is 2.32. The Labute approximate surface area is 91.3 Å². The maximum atomic E-state index is 9.41. The largest absolute Gasteiger partial charge is 0.391 e. The van der Waals surface area contributed by atoms with Crippen molar-refractivity contribution in [2.24, 2.45) is 0 Å². The van der Waals surface area contributed by atoms with E-state index in [1.165, 1.54) is 30.4 Å². The van der Waals surface area contributed by atoms with Gasteiger partial charge in [-0.1, -0.05) is 6.07 Å². The monoisotopic (exact) mass is 205 g/mol. The molecule has 1 aliphatic carbocycles. The highest BCUT2D eigenvalue weighted by Crippen LogP contribution is 2.25. The number of benzene rings is 1. The Hall–Kier alpha value is -1.02. The Balaban J connectivity index is 2.10. The lowest BCUT2D eigenvalue weighted by molar-refractivity contribution is 0.178. The molecule has 0 heterocycles. The average Bonchev–Trinajstić information content (AvgIpc) is 2.64. The van der Waals surface area contributed by atoms with Crippen LogP contribution in [0.4, 0.5) is 5.69 Å². The van der Waals surface area contributed by atoms with Gasteiger partial charge < -0.3 is 10.4 Å². The predicted molar refractivity (Wildman–Crippen MR) is 63.2 cm³/mol. The number of aryl methyl sites for hydroxylation is 2. The van der Waals surface area contributed by atoms with Crippen LogP contribution in [-0.4, -0.2) is 17.3 Å². The van der Waals surface area contributed by atoms with Gasteiger partial charge in [0.05, 0.1) is 6.10 Å². The zero-order valence-corrected chi connectivity index (χ0v) is 9.46. The zero-order chi connectivity index (χ0) is 10.8. The van der Waals surface area contributed by atoms with Crippen molar-refractivity contribution < 1.29 is 5.11 Å². The van der Waals surface area contributed by atoms with Crippen LogP contribution in [0.15, 0.2) is 18.2 Å². The topological polar surface area (TPSA) is 32.3 Å². The van der Waals surface area contributed by atoms with Crippen LogP contribution in [-0.2, 0) is 12.8 Å². The van der Waals surface area contributed by atoms with E-state index in [-0.39, 0.29) is 12.1 Å². The molecule has 0 bridgehead atoms. The van der Waals surface area contributed by atoms with Gasteiger partial charge >= 0.3 is 0 Å². The van der Waals surface area contributed by atoms with Crippen molar-refractivity contribution in [1.82, 2.24) is 0 Å². The van der Waals surface area contributed by atoms with Crippen LogP contribution in [0.1, 0.15) is 31.4 Å². The summed E-state index contributed by atoms with van der Waals surface area (Å²) in [4.78, 5) is 0. The molecule has 2 nitrogen and oxygen atoms in total. The van der Waals surface area contributed by atoms with Gasteiger partial charge in [-0.2, -0.15) is 0 Å². The first-order valence-electron chi connectivity index (χ1n) is 5.73. The highest BCUT2D eigenvalue weighted by molar-refractivity contribution is 5.50. The Kier molecular flexibility index (Phi) is 2.96. The minimum absolute atomic E-state index is 0.101. The highest BCUT2D eigenvalue weighted by Gasteiger charge is 2.12. The predicted octanol–water partition coefficient (Wildman–Crippen LogP) is 2.36. The molecule has 0 fully saturated rings. The van der Waals surface area contributed by atoms with Gasteiger partial charge in [0.1, 0.15) is 0 Å². The maximum Gasteiger partial charge on any atom is 0.0710 e. The van der Waals surface area contributed by atoms with Crippen LogP contribution in [0.2, 0.25) is 0 Å². The second-order valence-electron chi connectivity index (χ2n) is 4.51. The van der Waals surface area contributed by atoms with E-state index in [1.54, 1.807) is 0 Å². The van der Waals surface area contributed by atoms with E-state index in [1.807, 2.05) is 13.8 Å². The molecule has 82 valence electrons. The summed E-state index contributed by atoms with van der Waals surface area (Å²) < 4.78 is 0. The quantitative estimate of drug-likeness (QED) is 0.794. The first kappa shape index (κ1) is 10.5. The molecule has 2 unspecified atom stereocenters. The van der Waals surface area contributed by atoms with E-state index in [0.29, 0.717) is 0 Å². The Morgan fingerprint density at radius 3 is 2.67 bits per heavy atom. The van der Waals surface area contributed by atoms with Gasteiger partial charge in [0, 0.05) is 11.7 Å². The third-order valence-electron chi connectivity index (χ3n) is 3.22. The molecular weight excluding hydrogens is 186 g/mol. The summed E-state index contributed by atoms with van der Waals surface area (Å²) >= 11 is 0. The molecule has 15 heavy (non-hydrogen) atoms. The summed E-state index contributed by atoms with van der Waals surface area (Å²) in [5.41, 5.74) is 4.09. The summed E-state index contributed by atoms with van der Waals surface area (Å²) in [6, 6.07) is 6.65. The summed E-state index contributed by atoms with van der Waals surface area (Å²) in [7, 11) is 0. The SMILES string of the molecule is CC(O)C(C)Nc1ccc2c(c1)CCC2. The van der Waals surface area contributed by atoms with E-state index in [2.05, 4.69) is 23.5 Å². The maximum absolute atomic E-state index is 9.41. The van der Waals surface area contributed by atoms with Crippen molar-refractivity contribution in [2.45, 2.75) is 45.3 Å². The normalized spacial score (nSPS) is 18.3. The van der Waals surface area contributed by atoms with Crippen molar-refractivity contribution in [3.8, 4) is 0 Å². The van der Waals surface area contributed by atoms with E-state index in [4.69, 9.17) is 0 Å². The molecule has 2 atom stereocenters. The molecule has 0 saturated heterocycles. The van der Waals surface area contributed by atoms with Crippen molar-refractivity contribution in [1.29, 1.82) is 0 Å². The number of hydrogen-bond acceptors (Lipinski definition) is 2. The lowest BCUT2D eigenvalue weighted by atomic mass is 10.1. The molecule has 1 aromatic rings. The molecule has 0 radical (unpaired) electrons. The molecule has 2 rings (SSSR count). The van der Waals surface area contributed by atoms with Crippen molar-refractivity contribution >= 4 is 5.69 Å². The van der Waals surface area contributed by atoms with Crippen LogP contribution < -0.4 is 5.32 Å². The number of rotatable bonds is 3. The van der Waals surface area contributed by atoms with Gasteiger partial charge in [0.2, 0.25) is 0 Å². The van der Waals surface area contributed by atoms with E-state index < -0.39 is 0 Å². The molecule has 2 heteroatoms. The van der Waals surface area contributed by atoms with E-state index in [0.717, 1.165) is 5.69 Å². The minimum Gasteiger partial charge on any atom is -0.391 e. The number of fused-ring (bicyclic) bond motifs is 1. The third-order valence-corrected chi connectivity index (χ3v) is 3.22. The Bertz CT molecular complexity index is 346. The minimum atomic E-state index is -0.321. The summed E-state index contributed by atoms with van der Waals surface area (Å²) in [6.07, 6.45) is 3.39. The van der Waals surface area contributed by atoms with Gasteiger partial charge in [-0.3, -0.25) is 0 Å². The molecule has 1 aliphatic rings. The van der Waals surface area contributed by atoms with Gasteiger partial charge in [0.15, 0.2) is 0 Å². The van der Waals surface area contributed by atoms with Crippen molar-refractivity contribution in [2.75, 3.05) is 5.32 Å². The smallest absolute Gasteiger partial charge is 0.0710 e. The molecule has 0 amide bonds. The van der Waals surface area contributed by atoms with Crippen LogP contribution in [0.3, 0.4) is 0 Å². The second kappa shape index (κ2) is 4.23. The molecule has 0 aliphatic heterocycles. The molecule has 0 saturated carbocycles. The Morgan fingerprint density at radius 2 is 1.93 bits per heavy atom. The number of aliphatic hydroxyl groups excluding tert-OH is 1.